The van der Waals surface area contributed by atoms with Crippen molar-refractivity contribution in [1.82, 2.24) is 4.57 Å². The van der Waals surface area contributed by atoms with Gasteiger partial charge in [-0.1, -0.05) is 28.1 Å². The second-order valence-corrected chi connectivity index (χ2v) is 5.49. The van der Waals surface area contributed by atoms with Crippen LogP contribution in [0.15, 0.2) is 45.3 Å². The number of allylic oxidation sites excluding steroid dienone is 4. The maximum atomic E-state index is 12.1. The minimum atomic E-state index is -0.595. The first-order valence-electron chi connectivity index (χ1n) is 6.45. The van der Waals surface area contributed by atoms with Crippen molar-refractivity contribution in [2.75, 3.05) is 7.11 Å². The van der Waals surface area contributed by atoms with Gasteiger partial charge in [0.2, 0.25) is 0 Å². The molecule has 5 heteroatoms. The molecule has 1 heterocycles. The molecule has 0 unspecified atom stereocenters. The summed E-state index contributed by atoms with van der Waals surface area (Å²) in [5.74, 6) is -0.595. The maximum absolute atomic E-state index is 12.1. The lowest BCUT2D eigenvalue weighted by molar-refractivity contribution is 0.0598. The average molecular weight is 338 g/mol. The van der Waals surface area contributed by atoms with E-state index in [1.807, 2.05) is 0 Å². The van der Waals surface area contributed by atoms with E-state index in [9.17, 15) is 9.59 Å². The zero-order chi connectivity index (χ0) is 14.5. The van der Waals surface area contributed by atoms with Crippen molar-refractivity contribution >= 4 is 21.9 Å². The van der Waals surface area contributed by atoms with Crippen LogP contribution >= 0.6 is 15.9 Å². The van der Waals surface area contributed by atoms with E-state index < -0.39 is 5.97 Å². The molecule has 1 aliphatic carbocycles. The van der Waals surface area contributed by atoms with Gasteiger partial charge in [-0.15, -0.1) is 0 Å². The number of hydrogen-bond donors (Lipinski definition) is 0. The smallest absolute Gasteiger partial charge is 0.343 e. The predicted molar refractivity (Wildman–Crippen MR) is 81.0 cm³/mol. The van der Waals surface area contributed by atoms with Gasteiger partial charge in [-0.2, -0.15) is 0 Å². The Labute approximate surface area is 125 Å². The van der Waals surface area contributed by atoms with E-state index in [-0.39, 0.29) is 11.1 Å². The number of aryl methyl sites for hydroxylation is 1. The Bertz CT molecular complexity index is 628. The van der Waals surface area contributed by atoms with Gasteiger partial charge < -0.3 is 9.30 Å². The highest BCUT2D eigenvalue weighted by molar-refractivity contribution is 9.11. The lowest BCUT2D eigenvalue weighted by atomic mass is 10.0. The summed E-state index contributed by atoms with van der Waals surface area (Å²) >= 11 is 3.56. The van der Waals surface area contributed by atoms with Crippen molar-refractivity contribution in [1.29, 1.82) is 0 Å². The molecule has 1 aromatic rings. The van der Waals surface area contributed by atoms with Gasteiger partial charge >= 0.3 is 5.97 Å². The molecule has 20 heavy (non-hydrogen) atoms. The number of halogens is 1. The van der Waals surface area contributed by atoms with Crippen LogP contribution in [0.3, 0.4) is 0 Å². The van der Waals surface area contributed by atoms with Crippen LogP contribution in [0.5, 0.6) is 0 Å². The molecule has 0 fully saturated rings. The maximum Gasteiger partial charge on any atom is 0.343 e. The largest absolute Gasteiger partial charge is 0.465 e. The highest BCUT2D eigenvalue weighted by Crippen LogP contribution is 2.26. The van der Waals surface area contributed by atoms with E-state index in [2.05, 4.69) is 32.8 Å². The van der Waals surface area contributed by atoms with Crippen LogP contribution in [0, 0.1) is 0 Å². The summed E-state index contributed by atoms with van der Waals surface area (Å²) in [6, 6.07) is 3.17. The summed E-state index contributed by atoms with van der Waals surface area (Å²) < 4.78 is 7.34. The minimum absolute atomic E-state index is 0.0715. The molecular formula is C15H16BrNO3. The van der Waals surface area contributed by atoms with Crippen LogP contribution in [0.1, 0.15) is 29.6 Å². The third-order valence-electron chi connectivity index (χ3n) is 3.25. The van der Waals surface area contributed by atoms with Crippen molar-refractivity contribution in [2.45, 2.75) is 25.8 Å². The molecule has 0 aliphatic heterocycles. The number of rotatable bonds is 4. The van der Waals surface area contributed by atoms with Crippen molar-refractivity contribution in [3.63, 3.8) is 0 Å². The molecule has 0 radical (unpaired) electrons. The van der Waals surface area contributed by atoms with Gasteiger partial charge in [-0.25, -0.2) is 4.79 Å². The Morgan fingerprint density at radius 1 is 1.50 bits per heavy atom. The molecule has 0 saturated carbocycles. The summed E-state index contributed by atoms with van der Waals surface area (Å²) in [5.41, 5.74) is 0.963. The van der Waals surface area contributed by atoms with E-state index in [0.717, 1.165) is 19.3 Å². The first kappa shape index (κ1) is 14.8. The molecule has 2 rings (SSSR count). The molecule has 1 aliphatic rings. The van der Waals surface area contributed by atoms with Crippen LogP contribution in [0.25, 0.3) is 0 Å². The minimum Gasteiger partial charge on any atom is -0.465 e. The van der Waals surface area contributed by atoms with Gasteiger partial charge in [0.05, 0.1) is 7.11 Å². The Morgan fingerprint density at radius 3 is 3.00 bits per heavy atom. The van der Waals surface area contributed by atoms with Crippen molar-refractivity contribution in [2.24, 2.45) is 0 Å². The van der Waals surface area contributed by atoms with E-state index in [0.29, 0.717) is 6.54 Å². The van der Waals surface area contributed by atoms with E-state index in [1.54, 1.807) is 16.8 Å². The number of nitrogens with zero attached hydrogens (tertiary/aromatic N) is 1. The molecular weight excluding hydrogens is 322 g/mol. The zero-order valence-electron chi connectivity index (χ0n) is 11.3. The molecule has 0 spiro atoms. The third-order valence-corrected chi connectivity index (χ3v) is 4.15. The number of carbonyl (C=O) groups is 1. The fraction of sp³-hybridized carbons (Fsp3) is 0.333. The van der Waals surface area contributed by atoms with Crippen LogP contribution < -0.4 is 5.56 Å². The van der Waals surface area contributed by atoms with E-state index in [1.165, 1.54) is 23.2 Å². The fourth-order valence-corrected chi connectivity index (χ4v) is 2.68. The molecule has 0 atom stereocenters. The molecule has 106 valence electrons. The summed E-state index contributed by atoms with van der Waals surface area (Å²) in [5, 5.41) is 0. The van der Waals surface area contributed by atoms with Crippen LogP contribution in [0.2, 0.25) is 0 Å². The molecule has 0 amide bonds. The number of esters is 1. The van der Waals surface area contributed by atoms with Crippen molar-refractivity contribution < 1.29 is 9.53 Å². The lowest BCUT2D eigenvalue weighted by Crippen LogP contribution is -2.26. The number of ether oxygens (including phenoxy) is 1. The molecule has 0 N–H and O–H groups in total. The first-order chi connectivity index (χ1) is 9.63. The number of carbonyl (C=O) groups excluding carboxylic acids is 1. The molecule has 0 saturated heterocycles. The van der Waals surface area contributed by atoms with Gasteiger partial charge in [0.15, 0.2) is 0 Å². The SMILES string of the molecule is COC(=O)c1cccn(CCC2=C(Br)CCC=C2)c1=O. The summed E-state index contributed by atoms with van der Waals surface area (Å²) in [4.78, 5) is 23.6. The molecule has 1 aromatic heterocycles. The van der Waals surface area contributed by atoms with Gasteiger partial charge in [0.25, 0.3) is 5.56 Å². The standard InChI is InChI=1S/C15H16BrNO3/c1-20-15(19)12-6-4-9-17(14(12)18)10-8-11-5-2-3-7-13(11)16/h2,4-6,9H,3,7-8,10H2,1H3. The van der Waals surface area contributed by atoms with E-state index >= 15 is 0 Å². The van der Waals surface area contributed by atoms with E-state index in [4.69, 9.17) is 0 Å². The van der Waals surface area contributed by atoms with Crippen molar-refractivity contribution in [3.8, 4) is 0 Å². The first-order valence-corrected chi connectivity index (χ1v) is 7.24. The van der Waals surface area contributed by atoms with Crippen molar-refractivity contribution in [3.05, 3.63) is 56.5 Å². The highest BCUT2D eigenvalue weighted by atomic mass is 79.9. The zero-order valence-corrected chi connectivity index (χ0v) is 12.9. The lowest BCUT2D eigenvalue weighted by Gasteiger charge is -2.12. The second-order valence-electron chi connectivity index (χ2n) is 4.53. The fourth-order valence-electron chi connectivity index (χ4n) is 2.12. The summed E-state index contributed by atoms with van der Waals surface area (Å²) in [6.45, 7) is 0.540. The highest BCUT2D eigenvalue weighted by Gasteiger charge is 2.12. The summed E-state index contributed by atoms with van der Waals surface area (Å²) in [7, 11) is 1.27. The molecule has 0 aromatic carbocycles. The third kappa shape index (κ3) is 3.28. The van der Waals surface area contributed by atoms with Crippen LogP contribution in [-0.2, 0) is 11.3 Å². The van der Waals surface area contributed by atoms with Crippen LogP contribution in [-0.4, -0.2) is 17.6 Å². The Balaban J connectivity index is 2.17. The topological polar surface area (TPSA) is 48.3 Å². The quantitative estimate of drug-likeness (QED) is 0.793. The van der Waals surface area contributed by atoms with Gasteiger partial charge in [0.1, 0.15) is 5.56 Å². The van der Waals surface area contributed by atoms with Gasteiger partial charge in [-0.05, 0) is 41.5 Å². The number of methoxy groups -OCH3 is 1. The molecule has 0 bridgehead atoms. The number of hydrogen-bond acceptors (Lipinski definition) is 3. The van der Waals surface area contributed by atoms with Gasteiger partial charge in [-0.3, -0.25) is 4.79 Å². The van der Waals surface area contributed by atoms with Gasteiger partial charge in [0, 0.05) is 12.7 Å². The number of aromatic nitrogens is 1. The average Bonchev–Trinajstić information content (AvgIpc) is 2.47. The summed E-state index contributed by atoms with van der Waals surface area (Å²) in [6.07, 6.45) is 8.71. The molecule has 4 nitrogen and oxygen atoms in total. The Hall–Kier alpha value is -1.62. The number of pyridine rings is 1. The van der Waals surface area contributed by atoms with Crippen LogP contribution in [0.4, 0.5) is 0 Å². The Morgan fingerprint density at radius 2 is 2.30 bits per heavy atom. The second kappa shape index (κ2) is 6.70. The predicted octanol–water partition coefficient (Wildman–Crippen LogP) is 3.02. The Kier molecular flexibility index (Phi) is 4.95. The monoisotopic (exact) mass is 337 g/mol. The normalized spacial score (nSPS) is 14.5.